The predicted molar refractivity (Wildman–Crippen MR) is 81.2 cm³/mol. The Kier molecular flexibility index (Phi) is 5.99. The highest BCUT2D eigenvalue weighted by Crippen LogP contribution is 2.19. The number of nitrogens with one attached hydrogen (secondary N) is 1. The Morgan fingerprint density at radius 3 is 3.05 bits per heavy atom. The lowest BCUT2D eigenvalue weighted by Crippen LogP contribution is -2.28. The van der Waals surface area contributed by atoms with Crippen LogP contribution in [0.25, 0.3) is 0 Å². The van der Waals surface area contributed by atoms with E-state index in [4.69, 9.17) is 10.5 Å². The molecule has 110 valence electrons. The van der Waals surface area contributed by atoms with Gasteiger partial charge < -0.3 is 10.2 Å². The normalized spacial score (nSPS) is 19.6. The van der Waals surface area contributed by atoms with Crippen molar-refractivity contribution in [3.63, 3.8) is 0 Å². The van der Waals surface area contributed by atoms with Crippen molar-refractivity contribution in [2.75, 3.05) is 31.5 Å². The van der Waals surface area contributed by atoms with E-state index in [0.717, 1.165) is 38.4 Å². The zero-order valence-corrected chi connectivity index (χ0v) is 12.2. The molecule has 1 saturated heterocycles. The molecule has 0 amide bonds. The molecule has 0 aliphatic carbocycles. The maximum Gasteiger partial charge on any atom is 0.125 e. The lowest BCUT2D eigenvalue weighted by molar-refractivity contribution is 0.290. The second-order valence-corrected chi connectivity index (χ2v) is 5.53. The molecule has 2 heterocycles. The average Bonchev–Trinajstić information content (AvgIpc) is 2.98. The maximum atomic E-state index is 9.12. The summed E-state index contributed by atoms with van der Waals surface area (Å²) in [6.45, 7) is 3.77. The summed E-state index contributed by atoms with van der Waals surface area (Å²) in [5.74, 6) is 1.49. The summed E-state index contributed by atoms with van der Waals surface area (Å²) < 4.78 is 0. The van der Waals surface area contributed by atoms with Gasteiger partial charge in [-0.05, 0) is 37.4 Å². The predicted octanol–water partition coefficient (Wildman–Crippen LogP) is 2.26. The first-order valence-electron chi connectivity index (χ1n) is 7.45. The number of anilines is 1. The van der Waals surface area contributed by atoms with Crippen LogP contribution in [0.5, 0.6) is 0 Å². The highest BCUT2D eigenvalue weighted by molar-refractivity contribution is 5.33. The standard InChI is InChI=1S/C16H21N5/c17-7-3-4-14(10-18)12-21-9-6-15(13-21)11-20-16-5-1-2-8-19-16/h1-2,5,8,14-15H,3-4,6,9,11-13H2,(H,19,20)/t14-,15-/m1/s1. The van der Waals surface area contributed by atoms with Gasteiger partial charge in [-0.15, -0.1) is 0 Å². The largest absolute Gasteiger partial charge is 0.370 e. The molecule has 0 bridgehead atoms. The molecule has 0 unspecified atom stereocenters. The van der Waals surface area contributed by atoms with Crippen LogP contribution in [0.4, 0.5) is 5.82 Å². The van der Waals surface area contributed by atoms with Crippen molar-refractivity contribution in [3.8, 4) is 12.1 Å². The van der Waals surface area contributed by atoms with Crippen LogP contribution >= 0.6 is 0 Å². The van der Waals surface area contributed by atoms with E-state index in [1.54, 1.807) is 6.20 Å². The minimum absolute atomic E-state index is 0.0212. The first-order valence-corrected chi connectivity index (χ1v) is 7.45. The van der Waals surface area contributed by atoms with Gasteiger partial charge >= 0.3 is 0 Å². The molecule has 2 atom stereocenters. The van der Waals surface area contributed by atoms with Crippen LogP contribution in [0.3, 0.4) is 0 Å². The van der Waals surface area contributed by atoms with E-state index in [9.17, 15) is 0 Å². The summed E-state index contributed by atoms with van der Waals surface area (Å²) in [5.41, 5.74) is 0. The van der Waals surface area contributed by atoms with E-state index in [1.807, 2.05) is 18.2 Å². The first-order chi connectivity index (χ1) is 10.3. The molecular formula is C16H21N5. The number of nitrogens with zero attached hydrogens (tertiary/aromatic N) is 4. The molecule has 1 fully saturated rings. The van der Waals surface area contributed by atoms with E-state index in [-0.39, 0.29) is 5.92 Å². The highest BCUT2D eigenvalue weighted by atomic mass is 15.2. The van der Waals surface area contributed by atoms with Crippen molar-refractivity contribution in [1.29, 1.82) is 10.5 Å². The molecule has 1 N–H and O–H groups in total. The van der Waals surface area contributed by atoms with Gasteiger partial charge in [-0.2, -0.15) is 10.5 Å². The van der Waals surface area contributed by atoms with Crippen molar-refractivity contribution < 1.29 is 0 Å². The van der Waals surface area contributed by atoms with Gasteiger partial charge in [0.1, 0.15) is 5.82 Å². The van der Waals surface area contributed by atoms with E-state index in [2.05, 4.69) is 27.3 Å². The van der Waals surface area contributed by atoms with Crippen LogP contribution in [0.15, 0.2) is 24.4 Å². The Balaban J connectivity index is 1.71. The molecule has 1 aromatic heterocycles. The zero-order chi connectivity index (χ0) is 14.9. The van der Waals surface area contributed by atoms with Crippen LogP contribution in [-0.2, 0) is 0 Å². The number of rotatable bonds is 7. The summed E-state index contributed by atoms with van der Waals surface area (Å²) >= 11 is 0. The summed E-state index contributed by atoms with van der Waals surface area (Å²) in [4.78, 5) is 6.60. The second kappa shape index (κ2) is 8.24. The zero-order valence-electron chi connectivity index (χ0n) is 12.2. The summed E-state index contributed by atoms with van der Waals surface area (Å²) in [7, 11) is 0. The van der Waals surface area contributed by atoms with Gasteiger partial charge in [-0.3, -0.25) is 0 Å². The number of hydrogen-bond donors (Lipinski definition) is 1. The Bertz CT molecular complexity index is 502. The van der Waals surface area contributed by atoms with E-state index in [0.29, 0.717) is 18.8 Å². The maximum absolute atomic E-state index is 9.12. The van der Waals surface area contributed by atoms with Gasteiger partial charge in [-0.1, -0.05) is 6.07 Å². The van der Waals surface area contributed by atoms with Crippen LogP contribution in [0.2, 0.25) is 0 Å². The first kappa shape index (κ1) is 15.3. The average molecular weight is 283 g/mol. The van der Waals surface area contributed by atoms with Crippen molar-refractivity contribution in [2.24, 2.45) is 11.8 Å². The minimum Gasteiger partial charge on any atom is -0.370 e. The number of hydrogen-bond acceptors (Lipinski definition) is 5. The van der Waals surface area contributed by atoms with Gasteiger partial charge in [0.25, 0.3) is 0 Å². The topological polar surface area (TPSA) is 75.7 Å². The molecule has 0 radical (unpaired) electrons. The molecular weight excluding hydrogens is 262 g/mol. The smallest absolute Gasteiger partial charge is 0.125 e. The molecule has 0 spiro atoms. The molecule has 0 saturated carbocycles. The minimum atomic E-state index is -0.0212. The molecule has 0 aromatic carbocycles. The second-order valence-electron chi connectivity index (χ2n) is 5.53. The molecule has 5 heteroatoms. The van der Waals surface area contributed by atoms with Crippen molar-refractivity contribution in [2.45, 2.75) is 19.3 Å². The molecule has 1 aliphatic rings. The van der Waals surface area contributed by atoms with Crippen LogP contribution in [0, 0.1) is 34.5 Å². The van der Waals surface area contributed by atoms with Crippen LogP contribution in [-0.4, -0.2) is 36.1 Å². The monoisotopic (exact) mass is 283 g/mol. The van der Waals surface area contributed by atoms with Crippen molar-refractivity contribution in [3.05, 3.63) is 24.4 Å². The fraction of sp³-hybridized carbons (Fsp3) is 0.562. The number of nitriles is 2. The number of pyridine rings is 1. The van der Waals surface area contributed by atoms with Crippen LogP contribution in [0.1, 0.15) is 19.3 Å². The SMILES string of the molecule is N#CCC[C@H](C#N)CN1CC[C@H](CNc2ccccn2)C1. The Morgan fingerprint density at radius 1 is 1.43 bits per heavy atom. The fourth-order valence-electron chi connectivity index (χ4n) is 2.71. The summed E-state index contributed by atoms with van der Waals surface area (Å²) in [5, 5.41) is 21.1. The van der Waals surface area contributed by atoms with E-state index < -0.39 is 0 Å². The molecule has 5 nitrogen and oxygen atoms in total. The quantitative estimate of drug-likeness (QED) is 0.830. The van der Waals surface area contributed by atoms with Gasteiger partial charge in [0.05, 0.1) is 18.1 Å². The lowest BCUT2D eigenvalue weighted by atomic mass is 10.1. The molecule has 21 heavy (non-hydrogen) atoms. The number of aromatic nitrogens is 1. The van der Waals surface area contributed by atoms with Crippen molar-refractivity contribution in [1.82, 2.24) is 9.88 Å². The van der Waals surface area contributed by atoms with Gasteiger partial charge in [0.15, 0.2) is 0 Å². The van der Waals surface area contributed by atoms with Gasteiger partial charge in [0, 0.05) is 32.3 Å². The molecule has 1 aromatic rings. The Hall–Kier alpha value is -2.11. The summed E-state index contributed by atoms with van der Waals surface area (Å²) in [6.07, 6.45) is 4.09. The highest BCUT2D eigenvalue weighted by Gasteiger charge is 2.24. The summed E-state index contributed by atoms with van der Waals surface area (Å²) in [6, 6.07) is 10.3. The van der Waals surface area contributed by atoms with Gasteiger partial charge in [0.2, 0.25) is 0 Å². The van der Waals surface area contributed by atoms with Crippen LogP contribution < -0.4 is 5.32 Å². The third-order valence-corrected chi connectivity index (χ3v) is 3.87. The lowest BCUT2D eigenvalue weighted by Gasteiger charge is -2.19. The third-order valence-electron chi connectivity index (χ3n) is 3.87. The molecule has 2 rings (SSSR count). The third kappa shape index (κ3) is 5.06. The Labute approximate surface area is 126 Å². The Morgan fingerprint density at radius 2 is 2.33 bits per heavy atom. The van der Waals surface area contributed by atoms with Gasteiger partial charge in [-0.25, -0.2) is 4.98 Å². The van der Waals surface area contributed by atoms with Crippen molar-refractivity contribution >= 4 is 5.82 Å². The fourth-order valence-corrected chi connectivity index (χ4v) is 2.71. The number of likely N-dealkylation sites (tertiary alicyclic amines) is 1. The van der Waals surface area contributed by atoms with E-state index in [1.165, 1.54) is 0 Å². The molecule has 1 aliphatic heterocycles. The van der Waals surface area contributed by atoms with E-state index >= 15 is 0 Å².